The van der Waals surface area contributed by atoms with E-state index in [1.165, 1.54) is 12.4 Å². The van der Waals surface area contributed by atoms with Gasteiger partial charge in [0.15, 0.2) is 5.82 Å². The average molecular weight is 481 g/mol. The largest absolute Gasteiger partial charge is 0.345 e. The number of aromatic nitrogens is 7. The maximum atomic E-state index is 15.0. The monoisotopic (exact) mass is 481 g/mol. The van der Waals surface area contributed by atoms with Crippen molar-refractivity contribution < 1.29 is 18.1 Å². The van der Waals surface area contributed by atoms with Gasteiger partial charge in [-0.3, -0.25) is 9.48 Å². The minimum Gasteiger partial charge on any atom is -0.345 e. The van der Waals surface area contributed by atoms with E-state index in [-0.39, 0.29) is 35.6 Å². The first-order valence-electron chi connectivity index (χ1n) is 10.8. The Morgan fingerprint density at radius 3 is 2.80 bits per heavy atom. The number of benzene rings is 1. The Kier molecular flexibility index (Phi) is 5.67. The maximum Gasteiger partial charge on any atom is 0.292 e. The number of carbonyl (C=O) groups excluding carboxylic acids is 1. The second-order valence-electron chi connectivity index (χ2n) is 8.44. The van der Waals surface area contributed by atoms with Crippen LogP contribution in [0.1, 0.15) is 40.5 Å². The Balaban J connectivity index is 1.28. The summed E-state index contributed by atoms with van der Waals surface area (Å²) in [6, 6.07) is 2.91. The summed E-state index contributed by atoms with van der Waals surface area (Å²) in [6.45, 7) is 1.21. The third-order valence-electron chi connectivity index (χ3n) is 5.83. The van der Waals surface area contributed by atoms with E-state index >= 15 is 0 Å². The topological polar surface area (TPSA) is 137 Å². The van der Waals surface area contributed by atoms with Crippen molar-refractivity contribution in [1.82, 2.24) is 40.2 Å². The van der Waals surface area contributed by atoms with E-state index in [0.717, 1.165) is 0 Å². The van der Waals surface area contributed by atoms with Crippen molar-refractivity contribution in [3.8, 4) is 11.4 Å². The van der Waals surface area contributed by atoms with Gasteiger partial charge in [-0.15, -0.1) is 0 Å². The van der Waals surface area contributed by atoms with E-state index in [9.17, 15) is 13.6 Å². The van der Waals surface area contributed by atoms with Gasteiger partial charge in [-0.25, -0.2) is 18.7 Å². The van der Waals surface area contributed by atoms with Gasteiger partial charge in [-0.1, -0.05) is 5.16 Å². The highest BCUT2D eigenvalue weighted by Crippen LogP contribution is 2.47. The molecule has 1 aromatic carbocycles. The predicted octanol–water partition coefficient (Wildman–Crippen LogP) is 2.78. The molecule has 1 fully saturated rings. The van der Waals surface area contributed by atoms with Crippen LogP contribution in [0.2, 0.25) is 0 Å². The van der Waals surface area contributed by atoms with Crippen LogP contribution in [0.4, 0.5) is 20.4 Å². The van der Waals surface area contributed by atoms with Crippen LogP contribution in [0.3, 0.4) is 0 Å². The van der Waals surface area contributed by atoms with Gasteiger partial charge in [0.1, 0.15) is 18.8 Å². The zero-order valence-corrected chi connectivity index (χ0v) is 18.9. The molecule has 1 aliphatic carbocycles. The zero-order chi connectivity index (χ0) is 24.6. The molecule has 0 aliphatic heterocycles. The lowest BCUT2D eigenvalue weighted by Gasteiger charge is -2.11. The van der Waals surface area contributed by atoms with Crippen molar-refractivity contribution in [1.29, 1.82) is 0 Å². The van der Waals surface area contributed by atoms with Crippen molar-refractivity contribution in [3.05, 3.63) is 59.5 Å². The van der Waals surface area contributed by atoms with Crippen LogP contribution in [-0.4, -0.2) is 47.5 Å². The van der Waals surface area contributed by atoms with Crippen molar-refractivity contribution in [2.45, 2.75) is 31.7 Å². The fourth-order valence-corrected chi connectivity index (χ4v) is 3.53. The van der Waals surface area contributed by atoms with Crippen LogP contribution in [-0.2, 0) is 19.0 Å². The molecule has 2 N–H and O–H groups in total. The highest BCUT2D eigenvalue weighted by atomic mass is 19.1. The Morgan fingerprint density at radius 2 is 2.09 bits per heavy atom. The van der Waals surface area contributed by atoms with Gasteiger partial charge in [0, 0.05) is 19.8 Å². The van der Waals surface area contributed by atoms with Crippen LogP contribution < -0.4 is 10.6 Å². The summed E-state index contributed by atoms with van der Waals surface area (Å²) in [5.41, 5.74) is 1.39. The lowest BCUT2D eigenvalue weighted by Crippen LogP contribution is -2.24. The number of aryl methyl sites for hydroxylation is 2. The first kappa shape index (κ1) is 22.5. The van der Waals surface area contributed by atoms with Crippen LogP contribution >= 0.6 is 0 Å². The molecular formula is C22H21F2N9O2. The Hall–Kier alpha value is -4.29. The molecule has 35 heavy (non-hydrogen) atoms. The SMILES string of the molecule is Cc1cc(-c2ncnc(Nc3cnn(C)c3)n2)c(F)cc1CNC(=O)c1noc(C2(CF)CC2)n1. The third-order valence-corrected chi connectivity index (χ3v) is 5.83. The van der Waals surface area contributed by atoms with E-state index in [1.54, 1.807) is 37.1 Å². The quantitative estimate of drug-likeness (QED) is 0.389. The number of amides is 1. The van der Waals surface area contributed by atoms with Crippen molar-refractivity contribution in [2.75, 3.05) is 12.0 Å². The Morgan fingerprint density at radius 1 is 1.26 bits per heavy atom. The molecule has 0 atom stereocenters. The Labute approximate surface area is 198 Å². The van der Waals surface area contributed by atoms with E-state index in [4.69, 9.17) is 4.52 Å². The molecule has 3 heterocycles. The fraction of sp³-hybridized carbons (Fsp3) is 0.318. The molecular weight excluding hydrogens is 460 g/mol. The van der Waals surface area contributed by atoms with Crippen LogP contribution in [0.5, 0.6) is 0 Å². The molecule has 0 radical (unpaired) electrons. The summed E-state index contributed by atoms with van der Waals surface area (Å²) >= 11 is 0. The maximum absolute atomic E-state index is 15.0. The number of rotatable bonds is 8. The number of alkyl halides is 1. The van der Waals surface area contributed by atoms with Gasteiger partial charge in [-0.2, -0.15) is 15.1 Å². The molecule has 0 bridgehead atoms. The van der Waals surface area contributed by atoms with Gasteiger partial charge in [0.25, 0.3) is 11.7 Å². The number of nitrogens with zero attached hydrogens (tertiary/aromatic N) is 7. The van der Waals surface area contributed by atoms with E-state index in [0.29, 0.717) is 29.7 Å². The molecule has 3 aromatic heterocycles. The van der Waals surface area contributed by atoms with E-state index < -0.39 is 23.8 Å². The first-order chi connectivity index (χ1) is 16.9. The van der Waals surface area contributed by atoms with Crippen LogP contribution in [0.15, 0.2) is 35.4 Å². The smallest absolute Gasteiger partial charge is 0.292 e. The van der Waals surface area contributed by atoms with E-state index in [2.05, 4.69) is 40.8 Å². The normalized spacial score (nSPS) is 14.1. The second-order valence-corrected chi connectivity index (χ2v) is 8.44. The Bertz CT molecular complexity index is 1400. The minimum atomic E-state index is -0.747. The molecule has 1 aliphatic rings. The summed E-state index contributed by atoms with van der Waals surface area (Å²) < 4.78 is 34.8. The lowest BCUT2D eigenvalue weighted by atomic mass is 10.0. The number of hydrogen-bond acceptors (Lipinski definition) is 9. The minimum absolute atomic E-state index is 0.0327. The van der Waals surface area contributed by atoms with Gasteiger partial charge in [-0.05, 0) is 43.0 Å². The molecule has 0 unspecified atom stereocenters. The average Bonchev–Trinajstić information content (AvgIpc) is 3.28. The number of hydrogen-bond donors (Lipinski definition) is 2. The number of carbonyl (C=O) groups is 1. The third kappa shape index (κ3) is 4.56. The second kappa shape index (κ2) is 8.81. The lowest BCUT2D eigenvalue weighted by molar-refractivity contribution is 0.0937. The molecule has 180 valence electrons. The van der Waals surface area contributed by atoms with E-state index in [1.807, 2.05) is 0 Å². The van der Waals surface area contributed by atoms with Gasteiger partial charge in [0.2, 0.25) is 11.8 Å². The zero-order valence-electron chi connectivity index (χ0n) is 18.9. The standard InChI is InChI=1S/C22H21F2N9O2/c1-12-5-15(17-26-11-27-21(31-17)29-14-8-28-33(2)9-14)16(24)6-13(12)7-25-19(34)18-30-20(35-32-18)22(10-23)3-4-22/h5-6,8-9,11H,3-4,7,10H2,1-2H3,(H,25,34)(H,26,27,29,31). The summed E-state index contributed by atoms with van der Waals surface area (Å²) in [6.07, 6.45) is 5.87. The highest BCUT2D eigenvalue weighted by molar-refractivity contribution is 5.90. The van der Waals surface area contributed by atoms with Crippen molar-refractivity contribution in [3.63, 3.8) is 0 Å². The van der Waals surface area contributed by atoms with Crippen molar-refractivity contribution >= 4 is 17.5 Å². The predicted molar refractivity (Wildman–Crippen MR) is 119 cm³/mol. The summed E-state index contributed by atoms with van der Waals surface area (Å²) in [4.78, 5) is 28.9. The van der Waals surface area contributed by atoms with Crippen LogP contribution in [0.25, 0.3) is 11.4 Å². The molecule has 4 aromatic rings. The molecule has 1 amide bonds. The molecule has 11 nitrogen and oxygen atoms in total. The summed E-state index contributed by atoms with van der Waals surface area (Å²) in [7, 11) is 1.78. The highest BCUT2D eigenvalue weighted by Gasteiger charge is 2.50. The summed E-state index contributed by atoms with van der Waals surface area (Å²) in [5.74, 6) is -0.805. The molecule has 1 saturated carbocycles. The van der Waals surface area contributed by atoms with Gasteiger partial charge >= 0.3 is 0 Å². The number of halogens is 2. The molecule has 5 rings (SSSR count). The number of anilines is 2. The van der Waals surface area contributed by atoms with Crippen LogP contribution in [0, 0.1) is 12.7 Å². The summed E-state index contributed by atoms with van der Waals surface area (Å²) in [5, 5.41) is 13.3. The van der Waals surface area contributed by atoms with Gasteiger partial charge < -0.3 is 15.2 Å². The fourth-order valence-electron chi connectivity index (χ4n) is 3.53. The molecule has 0 spiro atoms. The van der Waals surface area contributed by atoms with Gasteiger partial charge in [0.05, 0.1) is 22.9 Å². The number of nitrogens with one attached hydrogen (secondary N) is 2. The van der Waals surface area contributed by atoms with Crippen molar-refractivity contribution in [2.24, 2.45) is 7.05 Å². The first-order valence-corrected chi connectivity index (χ1v) is 10.8. The molecule has 0 saturated heterocycles. The molecule has 13 heteroatoms.